The minimum atomic E-state index is 0. The zero-order chi connectivity index (χ0) is 9.14. The number of nitrogens with two attached hydrogens (primary N) is 1. The van der Waals surface area contributed by atoms with Crippen LogP contribution in [-0.2, 0) is 0 Å². The fraction of sp³-hybridized carbons (Fsp3) is 0.400. The van der Waals surface area contributed by atoms with E-state index in [0.29, 0.717) is 5.92 Å². The van der Waals surface area contributed by atoms with E-state index in [0.717, 1.165) is 10.6 Å². The van der Waals surface area contributed by atoms with Crippen LogP contribution in [0.25, 0.3) is 0 Å². The van der Waals surface area contributed by atoms with Crippen LogP contribution in [0.5, 0.6) is 0 Å². The standard InChI is InChI=1S/C10H14ClN.ClH/c1-7(2)10(12)8-4-3-5-9(11)6-8;/h3-7,10H,12H2,1-2H3;1H/t10-;/m0./s1. The molecule has 0 aliphatic rings. The van der Waals surface area contributed by atoms with Crippen molar-refractivity contribution in [1.29, 1.82) is 0 Å². The van der Waals surface area contributed by atoms with E-state index >= 15 is 0 Å². The maximum Gasteiger partial charge on any atom is 0.0409 e. The van der Waals surface area contributed by atoms with E-state index in [1.54, 1.807) is 0 Å². The van der Waals surface area contributed by atoms with Gasteiger partial charge in [0.2, 0.25) is 0 Å². The number of hydrogen-bond acceptors (Lipinski definition) is 1. The SMILES string of the molecule is CC(C)[C@H](N)c1cccc(Cl)c1.Cl. The monoisotopic (exact) mass is 219 g/mol. The Kier molecular flexibility index (Phi) is 5.38. The molecule has 1 nitrogen and oxygen atoms in total. The van der Waals surface area contributed by atoms with Crippen LogP contribution < -0.4 is 5.73 Å². The fourth-order valence-corrected chi connectivity index (χ4v) is 1.30. The Hall–Kier alpha value is -0.240. The van der Waals surface area contributed by atoms with Gasteiger partial charge in [-0.2, -0.15) is 0 Å². The molecule has 2 N–H and O–H groups in total. The van der Waals surface area contributed by atoms with Gasteiger partial charge >= 0.3 is 0 Å². The summed E-state index contributed by atoms with van der Waals surface area (Å²) in [6.07, 6.45) is 0. The minimum Gasteiger partial charge on any atom is -0.324 e. The maximum atomic E-state index is 5.95. The lowest BCUT2D eigenvalue weighted by Gasteiger charge is -2.15. The van der Waals surface area contributed by atoms with Gasteiger partial charge in [0.15, 0.2) is 0 Å². The molecule has 1 atom stereocenters. The molecular weight excluding hydrogens is 205 g/mol. The first kappa shape index (κ1) is 12.8. The van der Waals surface area contributed by atoms with Crippen molar-refractivity contribution in [2.45, 2.75) is 19.9 Å². The van der Waals surface area contributed by atoms with Crippen LogP contribution in [0.2, 0.25) is 5.02 Å². The van der Waals surface area contributed by atoms with Gasteiger partial charge in [0.25, 0.3) is 0 Å². The molecule has 0 saturated heterocycles. The number of halogens is 2. The molecule has 0 fully saturated rings. The van der Waals surface area contributed by atoms with E-state index in [1.807, 2.05) is 24.3 Å². The normalized spacial score (nSPS) is 12.4. The topological polar surface area (TPSA) is 26.0 Å². The van der Waals surface area contributed by atoms with Crippen LogP contribution in [0.4, 0.5) is 0 Å². The maximum absolute atomic E-state index is 5.95. The molecule has 0 radical (unpaired) electrons. The molecule has 0 amide bonds. The third-order valence-electron chi connectivity index (χ3n) is 1.95. The molecule has 1 aromatic rings. The molecule has 0 heterocycles. The number of benzene rings is 1. The van der Waals surface area contributed by atoms with Gasteiger partial charge in [-0.25, -0.2) is 0 Å². The largest absolute Gasteiger partial charge is 0.324 e. The van der Waals surface area contributed by atoms with Crippen LogP contribution in [0, 0.1) is 5.92 Å². The Bertz CT molecular complexity index is 261. The second kappa shape index (κ2) is 5.48. The van der Waals surface area contributed by atoms with E-state index < -0.39 is 0 Å². The van der Waals surface area contributed by atoms with E-state index in [-0.39, 0.29) is 18.4 Å². The van der Waals surface area contributed by atoms with Gasteiger partial charge in [0.1, 0.15) is 0 Å². The Balaban J connectivity index is 0.00000144. The second-order valence-corrected chi connectivity index (χ2v) is 3.76. The van der Waals surface area contributed by atoms with E-state index in [9.17, 15) is 0 Å². The Morgan fingerprint density at radius 1 is 1.31 bits per heavy atom. The number of hydrogen-bond donors (Lipinski definition) is 1. The predicted molar refractivity (Wildman–Crippen MR) is 60.5 cm³/mol. The Morgan fingerprint density at radius 2 is 1.92 bits per heavy atom. The highest BCUT2D eigenvalue weighted by Gasteiger charge is 2.09. The molecule has 1 aromatic carbocycles. The molecule has 0 unspecified atom stereocenters. The molecule has 0 aromatic heterocycles. The molecule has 0 aliphatic carbocycles. The lowest BCUT2D eigenvalue weighted by atomic mass is 9.97. The van der Waals surface area contributed by atoms with Crippen LogP contribution in [-0.4, -0.2) is 0 Å². The van der Waals surface area contributed by atoms with Gasteiger partial charge < -0.3 is 5.73 Å². The van der Waals surface area contributed by atoms with Crippen molar-refractivity contribution in [3.8, 4) is 0 Å². The van der Waals surface area contributed by atoms with Crippen molar-refractivity contribution >= 4 is 24.0 Å². The lowest BCUT2D eigenvalue weighted by molar-refractivity contribution is 0.514. The highest BCUT2D eigenvalue weighted by Crippen LogP contribution is 2.21. The smallest absolute Gasteiger partial charge is 0.0409 e. The summed E-state index contributed by atoms with van der Waals surface area (Å²) in [7, 11) is 0. The van der Waals surface area contributed by atoms with E-state index in [2.05, 4.69) is 13.8 Å². The second-order valence-electron chi connectivity index (χ2n) is 3.32. The Morgan fingerprint density at radius 3 is 2.38 bits per heavy atom. The zero-order valence-electron chi connectivity index (χ0n) is 7.83. The Labute approximate surface area is 90.7 Å². The van der Waals surface area contributed by atoms with Crippen molar-refractivity contribution in [3.05, 3.63) is 34.9 Å². The summed E-state index contributed by atoms with van der Waals surface area (Å²) in [6.45, 7) is 4.21. The van der Waals surface area contributed by atoms with Crippen molar-refractivity contribution in [3.63, 3.8) is 0 Å². The molecule has 74 valence electrons. The summed E-state index contributed by atoms with van der Waals surface area (Å²) >= 11 is 5.84. The lowest BCUT2D eigenvalue weighted by Crippen LogP contribution is -2.16. The van der Waals surface area contributed by atoms with Crippen molar-refractivity contribution < 1.29 is 0 Å². The zero-order valence-corrected chi connectivity index (χ0v) is 9.40. The summed E-state index contributed by atoms with van der Waals surface area (Å²) < 4.78 is 0. The van der Waals surface area contributed by atoms with E-state index in [4.69, 9.17) is 17.3 Å². The predicted octanol–water partition coefficient (Wildman–Crippen LogP) is 3.42. The van der Waals surface area contributed by atoms with Gasteiger partial charge in [0, 0.05) is 11.1 Å². The first-order chi connectivity index (χ1) is 5.61. The fourth-order valence-electron chi connectivity index (χ4n) is 1.10. The third-order valence-corrected chi connectivity index (χ3v) is 2.19. The number of rotatable bonds is 2. The average molecular weight is 220 g/mol. The van der Waals surface area contributed by atoms with Crippen molar-refractivity contribution in [2.24, 2.45) is 11.7 Å². The third kappa shape index (κ3) is 3.55. The molecule has 3 heteroatoms. The summed E-state index contributed by atoms with van der Waals surface area (Å²) in [5.41, 5.74) is 7.06. The van der Waals surface area contributed by atoms with Gasteiger partial charge in [-0.15, -0.1) is 12.4 Å². The molecule has 0 aliphatic heterocycles. The quantitative estimate of drug-likeness (QED) is 0.811. The molecule has 0 saturated carbocycles. The molecule has 0 spiro atoms. The van der Waals surface area contributed by atoms with Crippen LogP contribution in [0.1, 0.15) is 25.5 Å². The van der Waals surface area contributed by atoms with Crippen LogP contribution >= 0.6 is 24.0 Å². The first-order valence-corrected chi connectivity index (χ1v) is 4.50. The molecule has 13 heavy (non-hydrogen) atoms. The molecular formula is C10H15Cl2N. The summed E-state index contributed by atoms with van der Waals surface area (Å²) in [6, 6.07) is 7.81. The van der Waals surface area contributed by atoms with Gasteiger partial charge in [-0.3, -0.25) is 0 Å². The van der Waals surface area contributed by atoms with Gasteiger partial charge in [-0.1, -0.05) is 37.6 Å². The van der Waals surface area contributed by atoms with Crippen molar-refractivity contribution in [2.75, 3.05) is 0 Å². The highest BCUT2D eigenvalue weighted by molar-refractivity contribution is 6.30. The summed E-state index contributed by atoms with van der Waals surface area (Å²) in [5, 5.41) is 0.753. The molecule has 1 rings (SSSR count). The van der Waals surface area contributed by atoms with E-state index in [1.165, 1.54) is 0 Å². The summed E-state index contributed by atoms with van der Waals surface area (Å²) in [4.78, 5) is 0. The van der Waals surface area contributed by atoms with Crippen LogP contribution in [0.3, 0.4) is 0 Å². The highest BCUT2D eigenvalue weighted by atomic mass is 35.5. The van der Waals surface area contributed by atoms with Gasteiger partial charge in [0.05, 0.1) is 0 Å². The molecule has 0 bridgehead atoms. The van der Waals surface area contributed by atoms with Crippen molar-refractivity contribution in [1.82, 2.24) is 0 Å². The average Bonchev–Trinajstić information content (AvgIpc) is 2.03. The van der Waals surface area contributed by atoms with Crippen LogP contribution in [0.15, 0.2) is 24.3 Å². The summed E-state index contributed by atoms with van der Waals surface area (Å²) in [5.74, 6) is 0.448. The van der Waals surface area contributed by atoms with Gasteiger partial charge in [-0.05, 0) is 23.6 Å². The first-order valence-electron chi connectivity index (χ1n) is 4.12. The minimum absolute atomic E-state index is 0.